The van der Waals surface area contributed by atoms with E-state index in [-0.39, 0.29) is 11.8 Å². The van der Waals surface area contributed by atoms with E-state index in [2.05, 4.69) is 5.32 Å². The lowest BCUT2D eigenvalue weighted by Crippen LogP contribution is -2.54. The van der Waals surface area contributed by atoms with Crippen molar-refractivity contribution < 1.29 is 9.59 Å². The molecule has 1 heterocycles. The van der Waals surface area contributed by atoms with Crippen LogP contribution >= 0.6 is 23.4 Å². The lowest BCUT2D eigenvalue weighted by Gasteiger charge is -2.38. The molecular weight excluding hydrogens is 344 g/mol. The largest absolute Gasteiger partial charge is 0.323 e. The fraction of sp³-hybridized carbons (Fsp3) is 0.222. The van der Waals surface area contributed by atoms with E-state index in [0.717, 1.165) is 10.6 Å². The van der Waals surface area contributed by atoms with Gasteiger partial charge in [0.15, 0.2) is 4.75 Å². The van der Waals surface area contributed by atoms with E-state index in [4.69, 9.17) is 11.6 Å². The van der Waals surface area contributed by atoms with Gasteiger partial charge in [-0.05, 0) is 38.1 Å². The van der Waals surface area contributed by atoms with Crippen LogP contribution in [0.3, 0.4) is 0 Å². The predicted octanol–water partition coefficient (Wildman–Crippen LogP) is 4.20. The Morgan fingerprint density at radius 1 is 1.21 bits per heavy atom. The van der Waals surface area contributed by atoms with E-state index in [9.17, 15) is 9.59 Å². The van der Waals surface area contributed by atoms with Crippen LogP contribution in [0, 0.1) is 0 Å². The Bertz CT molecular complexity index is 811. The molecule has 1 aliphatic heterocycles. The van der Waals surface area contributed by atoms with Crippen molar-refractivity contribution in [1.29, 1.82) is 0 Å². The molecule has 0 aromatic heterocycles. The summed E-state index contributed by atoms with van der Waals surface area (Å²) in [6.07, 6.45) is 0. The van der Waals surface area contributed by atoms with Crippen molar-refractivity contribution in [1.82, 2.24) is 0 Å². The van der Waals surface area contributed by atoms with Gasteiger partial charge in [0.05, 0.1) is 16.4 Å². The highest BCUT2D eigenvalue weighted by Crippen LogP contribution is 2.45. The van der Waals surface area contributed by atoms with E-state index in [1.807, 2.05) is 31.2 Å². The average molecular weight is 361 g/mol. The van der Waals surface area contributed by atoms with Gasteiger partial charge in [-0.1, -0.05) is 47.6 Å². The maximum Gasteiger partial charge on any atom is 0.252 e. The molecule has 3 rings (SSSR count). The Morgan fingerprint density at radius 2 is 1.88 bits per heavy atom. The van der Waals surface area contributed by atoms with Gasteiger partial charge in [-0.2, -0.15) is 0 Å². The quantitative estimate of drug-likeness (QED) is 0.835. The minimum absolute atomic E-state index is 0.224. The van der Waals surface area contributed by atoms with Crippen LogP contribution in [-0.4, -0.2) is 23.1 Å². The van der Waals surface area contributed by atoms with E-state index >= 15 is 0 Å². The summed E-state index contributed by atoms with van der Waals surface area (Å²) in [6, 6.07) is 14.6. The number of fused-ring (bicyclic) bond motifs is 1. The first-order chi connectivity index (χ1) is 11.5. The van der Waals surface area contributed by atoms with Crippen molar-refractivity contribution in [3.8, 4) is 0 Å². The first kappa shape index (κ1) is 16.9. The number of rotatable bonds is 3. The number of nitrogens with zero attached hydrogens (tertiary/aromatic N) is 1. The van der Waals surface area contributed by atoms with Gasteiger partial charge in [-0.25, -0.2) is 0 Å². The molecule has 2 amide bonds. The SMILES string of the molecule is CCN1C(=O)C(C)(C(=O)Nc2ccccc2Cl)Sc2ccccc21. The highest BCUT2D eigenvalue weighted by molar-refractivity contribution is 8.02. The fourth-order valence-corrected chi connectivity index (χ4v) is 4.05. The third kappa shape index (κ3) is 2.78. The first-order valence-corrected chi connectivity index (χ1v) is 8.83. The second kappa shape index (κ2) is 6.49. The summed E-state index contributed by atoms with van der Waals surface area (Å²) >= 11 is 7.38. The summed E-state index contributed by atoms with van der Waals surface area (Å²) in [4.78, 5) is 28.4. The number of hydrogen-bond acceptors (Lipinski definition) is 3. The van der Waals surface area contributed by atoms with Crippen molar-refractivity contribution in [3.05, 3.63) is 53.6 Å². The number of anilines is 2. The van der Waals surface area contributed by atoms with Crippen molar-refractivity contribution in [2.24, 2.45) is 0 Å². The zero-order valence-electron chi connectivity index (χ0n) is 13.4. The number of amides is 2. The van der Waals surface area contributed by atoms with E-state index in [1.165, 1.54) is 11.8 Å². The lowest BCUT2D eigenvalue weighted by atomic mass is 10.1. The molecule has 0 spiro atoms. The number of nitrogens with one attached hydrogen (secondary N) is 1. The molecule has 1 aliphatic rings. The smallest absolute Gasteiger partial charge is 0.252 e. The topological polar surface area (TPSA) is 49.4 Å². The van der Waals surface area contributed by atoms with Crippen molar-refractivity contribution in [2.75, 3.05) is 16.8 Å². The van der Waals surface area contributed by atoms with Crippen LogP contribution in [0.5, 0.6) is 0 Å². The molecule has 0 fully saturated rings. The number of para-hydroxylation sites is 2. The Hall–Kier alpha value is -1.98. The summed E-state index contributed by atoms with van der Waals surface area (Å²) in [5.41, 5.74) is 1.35. The molecule has 2 aromatic rings. The van der Waals surface area contributed by atoms with Crippen molar-refractivity contribution >= 4 is 46.6 Å². The van der Waals surface area contributed by atoms with Gasteiger partial charge in [0.2, 0.25) is 5.91 Å². The summed E-state index contributed by atoms with van der Waals surface area (Å²) < 4.78 is -1.25. The predicted molar refractivity (Wildman–Crippen MR) is 98.8 cm³/mol. The number of thioether (sulfide) groups is 1. The van der Waals surface area contributed by atoms with Crippen LogP contribution in [0.25, 0.3) is 0 Å². The number of hydrogen-bond donors (Lipinski definition) is 1. The van der Waals surface area contributed by atoms with Crippen molar-refractivity contribution in [3.63, 3.8) is 0 Å². The summed E-state index contributed by atoms with van der Waals surface area (Å²) in [7, 11) is 0. The molecule has 1 atom stereocenters. The van der Waals surface area contributed by atoms with Crippen LogP contribution in [0.15, 0.2) is 53.4 Å². The molecular formula is C18H17ClN2O2S. The van der Waals surface area contributed by atoms with Crippen LogP contribution in [-0.2, 0) is 9.59 Å². The van der Waals surface area contributed by atoms with Crippen LogP contribution < -0.4 is 10.2 Å². The first-order valence-electron chi connectivity index (χ1n) is 7.63. The molecule has 0 saturated heterocycles. The summed E-state index contributed by atoms with van der Waals surface area (Å²) in [5.74, 6) is -0.600. The standard InChI is InChI=1S/C18H17ClN2O2S/c1-3-21-14-10-6-7-11-15(14)24-18(2,17(21)23)16(22)20-13-9-5-4-8-12(13)19/h4-11H,3H2,1-2H3,(H,20,22). The van der Waals surface area contributed by atoms with Gasteiger partial charge < -0.3 is 10.2 Å². The van der Waals surface area contributed by atoms with E-state index < -0.39 is 4.75 Å². The third-order valence-electron chi connectivity index (χ3n) is 3.99. The Morgan fingerprint density at radius 3 is 2.58 bits per heavy atom. The second-order valence-electron chi connectivity index (χ2n) is 5.59. The molecule has 24 heavy (non-hydrogen) atoms. The maximum absolute atomic E-state index is 13.0. The molecule has 0 bridgehead atoms. The molecule has 1 unspecified atom stereocenters. The molecule has 0 radical (unpaired) electrons. The van der Waals surface area contributed by atoms with Gasteiger partial charge in [0.25, 0.3) is 5.91 Å². The van der Waals surface area contributed by atoms with Gasteiger partial charge in [0.1, 0.15) is 0 Å². The van der Waals surface area contributed by atoms with Gasteiger partial charge >= 0.3 is 0 Å². The Balaban J connectivity index is 1.96. The molecule has 4 nitrogen and oxygen atoms in total. The number of carbonyl (C=O) groups is 2. The lowest BCUT2D eigenvalue weighted by molar-refractivity contribution is -0.128. The highest BCUT2D eigenvalue weighted by atomic mass is 35.5. The van der Waals surface area contributed by atoms with Crippen LogP contribution in [0.4, 0.5) is 11.4 Å². The van der Waals surface area contributed by atoms with Gasteiger partial charge in [0, 0.05) is 11.4 Å². The van der Waals surface area contributed by atoms with Gasteiger partial charge in [-0.15, -0.1) is 0 Å². The highest BCUT2D eigenvalue weighted by Gasteiger charge is 2.48. The molecule has 0 aliphatic carbocycles. The van der Waals surface area contributed by atoms with E-state index in [1.54, 1.807) is 36.1 Å². The van der Waals surface area contributed by atoms with Crippen LogP contribution in [0.1, 0.15) is 13.8 Å². The fourth-order valence-electron chi connectivity index (χ4n) is 2.66. The monoisotopic (exact) mass is 360 g/mol. The Kier molecular flexibility index (Phi) is 4.56. The van der Waals surface area contributed by atoms with Crippen molar-refractivity contribution in [2.45, 2.75) is 23.5 Å². The number of carbonyl (C=O) groups excluding carboxylic acids is 2. The summed E-state index contributed by atoms with van der Waals surface area (Å²) in [5, 5.41) is 3.23. The Labute approximate surface area is 150 Å². The second-order valence-corrected chi connectivity index (χ2v) is 7.45. The zero-order valence-corrected chi connectivity index (χ0v) is 14.9. The zero-order chi connectivity index (χ0) is 17.3. The molecule has 0 saturated carbocycles. The van der Waals surface area contributed by atoms with E-state index in [0.29, 0.717) is 17.3 Å². The number of halogens is 1. The molecule has 1 N–H and O–H groups in total. The average Bonchev–Trinajstić information content (AvgIpc) is 2.58. The molecule has 124 valence electrons. The maximum atomic E-state index is 13.0. The minimum Gasteiger partial charge on any atom is -0.323 e. The normalized spacial score (nSPS) is 19.8. The molecule has 2 aromatic carbocycles. The third-order valence-corrected chi connectivity index (χ3v) is 5.66. The number of benzene rings is 2. The van der Waals surface area contributed by atoms with Gasteiger partial charge in [-0.3, -0.25) is 9.59 Å². The minimum atomic E-state index is -1.25. The summed E-state index contributed by atoms with van der Waals surface area (Å²) in [6.45, 7) is 4.06. The van der Waals surface area contributed by atoms with Crippen LogP contribution in [0.2, 0.25) is 5.02 Å². The molecule has 6 heteroatoms.